The van der Waals surface area contributed by atoms with Gasteiger partial charge in [0, 0.05) is 5.56 Å². The molecule has 4 unspecified atom stereocenters. The van der Waals surface area contributed by atoms with Crippen molar-refractivity contribution in [3.63, 3.8) is 0 Å². The Balaban J connectivity index is 1.24. The predicted molar refractivity (Wildman–Crippen MR) is 117 cm³/mol. The number of Topliss-reactive ketones (excluding diaryl/α,β-unsaturated/α-hetero) is 1. The quantitative estimate of drug-likeness (QED) is 0.408. The minimum Gasteiger partial charge on any atom is -0.454 e. The summed E-state index contributed by atoms with van der Waals surface area (Å²) >= 11 is 0. The molecule has 0 N–H and O–H groups in total. The Morgan fingerprint density at radius 3 is 2.06 bits per heavy atom. The molecule has 4 atom stereocenters. The number of rotatable bonds is 5. The van der Waals surface area contributed by atoms with Crippen LogP contribution in [0.1, 0.15) is 51.1 Å². The van der Waals surface area contributed by atoms with Gasteiger partial charge in [0.1, 0.15) is 0 Å². The minimum atomic E-state index is -0.622. The number of amides is 2. The number of carbonyl (C=O) groups excluding carboxylic acids is 4. The normalized spacial score (nSPS) is 25.9. The summed E-state index contributed by atoms with van der Waals surface area (Å²) in [6, 6.07) is 11.6. The van der Waals surface area contributed by atoms with Crippen molar-refractivity contribution in [2.45, 2.75) is 33.1 Å². The minimum absolute atomic E-state index is 0.110. The molecule has 32 heavy (non-hydrogen) atoms. The number of esters is 1. The zero-order chi connectivity index (χ0) is 22.6. The number of ketones is 1. The van der Waals surface area contributed by atoms with Crippen molar-refractivity contribution in [3.8, 4) is 0 Å². The number of benzene rings is 2. The number of aryl methyl sites for hydroxylation is 2. The number of nitrogens with zero attached hydrogens (tertiary/aromatic N) is 1. The molecule has 2 aromatic carbocycles. The van der Waals surface area contributed by atoms with E-state index < -0.39 is 5.97 Å². The molecule has 5 rings (SSSR count). The van der Waals surface area contributed by atoms with Crippen LogP contribution in [-0.2, 0) is 14.3 Å². The molecule has 3 fully saturated rings. The number of ether oxygens (including phenoxy) is 1. The Labute approximate surface area is 186 Å². The molecule has 6 nitrogen and oxygen atoms in total. The van der Waals surface area contributed by atoms with Gasteiger partial charge >= 0.3 is 5.97 Å². The van der Waals surface area contributed by atoms with Crippen molar-refractivity contribution in [2.75, 3.05) is 11.5 Å². The predicted octanol–water partition coefficient (Wildman–Crippen LogP) is 3.88. The Bertz CT molecular complexity index is 1110. The maximum absolute atomic E-state index is 12.9. The van der Waals surface area contributed by atoms with Crippen LogP contribution in [0.2, 0.25) is 0 Å². The lowest BCUT2D eigenvalue weighted by Gasteiger charge is -2.19. The molecule has 2 amide bonds. The van der Waals surface area contributed by atoms with Gasteiger partial charge in [-0.25, -0.2) is 4.79 Å². The lowest BCUT2D eigenvalue weighted by atomic mass is 9.81. The fraction of sp³-hybridized carbons (Fsp3) is 0.385. The summed E-state index contributed by atoms with van der Waals surface area (Å²) in [5.74, 6) is -0.811. The van der Waals surface area contributed by atoms with E-state index in [2.05, 4.69) is 0 Å². The number of hydrogen-bond donors (Lipinski definition) is 0. The van der Waals surface area contributed by atoms with Gasteiger partial charge in [-0.15, -0.1) is 0 Å². The van der Waals surface area contributed by atoms with Crippen LogP contribution in [0.15, 0.2) is 42.5 Å². The fourth-order valence-corrected chi connectivity index (χ4v) is 5.62. The molecule has 164 valence electrons. The molecule has 0 radical (unpaired) electrons. The average molecular weight is 431 g/mol. The number of hydrogen-bond acceptors (Lipinski definition) is 5. The van der Waals surface area contributed by atoms with Crippen molar-refractivity contribution < 1.29 is 23.9 Å². The summed E-state index contributed by atoms with van der Waals surface area (Å²) in [5.41, 5.74) is 3.34. The lowest BCUT2D eigenvalue weighted by Crippen LogP contribution is -2.32. The molecule has 1 aliphatic heterocycles. The summed E-state index contributed by atoms with van der Waals surface area (Å²) in [4.78, 5) is 51.9. The largest absolute Gasteiger partial charge is 0.454 e. The molecule has 0 spiro atoms. The molecule has 1 saturated heterocycles. The van der Waals surface area contributed by atoms with Gasteiger partial charge < -0.3 is 4.74 Å². The van der Waals surface area contributed by atoms with E-state index in [9.17, 15) is 19.2 Å². The van der Waals surface area contributed by atoms with Crippen molar-refractivity contribution in [1.82, 2.24) is 0 Å². The van der Waals surface area contributed by atoms with E-state index in [0.29, 0.717) is 23.1 Å². The van der Waals surface area contributed by atoms with Gasteiger partial charge in [-0.3, -0.25) is 19.3 Å². The van der Waals surface area contributed by atoms with Crippen LogP contribution in [0.3, 0.4) is 0 Å². The third kappa shape index (κ3) is 3.25. The summed E-state index contributed by atoms with van der Waals surface area (Å²) < 4.78 is 5.18. The molecule has 0 aromatic heterocycles. The highest BCUT2D eigenvalue weighted by molar-refractivity contribution is 6.22. The van der Waals surface area contributed by atoms with E-state index in [4.69, 9.17) is 4.74 Å². The second-order valence-electron chi connectivity index (χ2n) is 9.24. The van der Waals surface area contributed by atoms with Gasteiger partial charge in [-0.2, -0.15) is 0 Å². The summed E-state index contributed by atoms with van der Waals surface area (Å²) in [7, 11) is 0. The van der Waals surface area contributed by atoms with Crippen LogP contribution in [0, 0.1) is 37.5 Å². The molecule has 2 saturated carbocycles. The van der Waals surface area contributed by atoms with Crippen LogP contribution < -0.4 is 4.90 Å². The maximum Gasteiger partial charge on any atom is 0.338 e. The second-order valence-corrected chi connectivity index (χ2v) is 9.24. The first-order chi connectivity index (χ1) is 15.3. The van der Waals surface area contributed by atoms with Crippen molar-refractivity contribution in [1.29, 1.82) is 0 Å². The Morgan fingerprint density at radius 2 is 1.47 bits per heavy atom. The van der Waals surface area contributed by atoms with E-state index in [1.165, 1.54) is 17.0 Å². The van der Waals surface area contributed by atoms with Crippen molar-refractivity contribution in [3.05, 3.63) is 64.7 Å². The third-order valence-corrected chi connectivity index (χ3v) is 7.45. The number of imide groups is 1. The standard InChI is InChI=1S/C26H25NO5/c1-14-3-4-17(11-15(14)2)21(28)13-32-26(31)16-7-9-20(10-8-16)27-24(29)22-18-5-6-19(12-18)23(22)25(27)30/h3-4,7-11,18-19,22-23H,5-6,12-13H2,1-2H3. The lowest BCUT2D eigenvalue weighted by molar-refractivity contribution is -0.123. The molecule has 2 aliphatic carbocycles. The summed E-state index contributed by atoms with van der Waals surface area (Å²) in [6.07, 6.45) is 3.06. The van der Waals surface area contributed by atoms with E-state index in [1.807, 2.05) is 19.9 Å². The molecular formula is C26H25NO5. The first-order valence-corrected chi connectivity index (χ1v) is 11.1. The van der Waals surface area contributed by atoms with Gasteiger partial charge in [0.25, 0.3) is 0 Å². The second kappa shape index (κ2) is 7.69. The zero-order valence-electron chi connectivity index (χ0n) is 18.2. The van der Waals surface area contributed by atoms with E-state index in [0.717, 1.165) is 30.4 Å². The molecule has 2 bridgehead atoms. The highest BCUT2D eigenvalue weighted by Gasteiger charge is 2.61. The summed E-state index contributed by atoms with van der Waals surface area (Å²) in [5, 5.41) is 0. The van der Waals surface area contributed by atoms with Crippen LogP contribution in [-0.4, -0.2) is 30.2 Å². The molecule has 1 heterocycles. The third-order valence-electron chi connectivity index (χ3n) is 7.45. The van der Waals surface area contributed by atoms with Gasteiger partial charge in [0.05, 0.1) is 23.1 Å². The molecular weight excluding hydrogens is 406 g/mol. The maximum atomic E-state index is 12.9. The van der Waals surface area contributed by atoms with Crippen LogP contribution in [0.4, 0.5) is 5.69 Å². The van der Waals surface area contributed by atoms with Crippen LogP contribution in [0.25, 0.3) is 0 Å². The SMILES string of the molecule is Cc1ccc(C(=O)COC(=O)c2ccc(N3C(=O)C4C5CCC(C5)C4C3=O)cc2)cc1C. The number of anilines is 1. The Kier molecular flexibility index (Phi) is 4.96. The van der Waals surface area contributed by atoms with E-state index in [1.54, 1.807) is 24.3 Å². The Morgan fingerprint density at radius 1 is 0.875 bits per heavy atom. The van der Waals surface area contributed by atoms with Crippen LogP contribution in [0.5, 0.6) is 0 Å². The monoisotopic (exact) mass is 431 g/mol. The number of carbonyl (C=O) groups is 4. The number of fused-ring (bicyclic) bond motifs is 5. The van der Waals surface area contributed by atoms with E-state index in [-0.39, 0.29) is 41.6 Å². The van der Waals surface area contributed by atoms with Crippen molar-refractivity contribution in [2.24, 2.45) is 23.7 Å². The highest BCUT2D eigenvalue weighted by Crippen LogP contribution is 2.56. The molecule has 3 aliphatic rings. The van der Waals surface area contributed by atoms with Crippen molar-refractivity contribution >= 4 is 29.3 Å². The summed E-state index contributed by atoms with van der Waals surface area (Å²) in [6.45, 7) is 3.54. The smallest absolute Gasteiger partial charge is 0.338 e. The fourth-order valence-electron chi connectivity index (χ4n) is 5.62. The molecule has 6 heteroatoms. The van der Waals surface area contributed by atoms with Gasteiger partial charge in [0.15, 0.2) is 12.4 Å². The zero-order valence-corrected chi connectivity index (χ0v) is 18.2. The van der Waals surface area contributed by atoms with Crippen LogP contribution >= 0.6 is 0 Å². The van der Waals surface area contributed by atoms with Gasteiger partial charge in [-0.1, -0.05) is 12.1 Å². The first kappa shape index (κ1) is 20.6. The van der Waals surface area contributed by atoms with E-state index >= 15 is 0 Å². The highest BCUT2D eigenvalue weighted by atomic mass is 16.5. The van der Waals surface area contributed by atoms with Gasteiger partial charge in [-0.05, 0) is 86.4 Å². The average Bonchev–Trinajstić information content (AvgIpc) is 3.47. The first-order valence-electron chi connectivity index (χ1n) is 11.1. The Hall–Kier alpha value is -3.28. The topological polar surface area (TPSA) is 80.8 Å². The van der Waals surface area contributed by atoms with Gasteiger partial charge in [0.2, 0.25) is 11.8 Å². The molecule has 2 aromatic rings.